The Balaban J connectivity index is 1.71. The maximum absolute atomic E-state index is 11.9. The zero-order chi connectivity index (χ0) is 15.1. The quantitative estimate of drug-likeness (QED) is 0.846. The molecule has 1 aromatic rings. The molecule has 0 aliphatic heterocycles. The Hall–Kier alpha value is -1.55. The van der Waals surface area contributed by atoms with Crippen molar-refractivity contribution < 1.29 is 9.53 Å². The van der Waals surface area contributed by atoms with Crippen molar-refractivity contribution in [1.82, 2.24) is 5.32 Å². The van der Waals surface area contributed by atoms with Gasteiger partial charge in [-0.1, -0.05) is 32.3 Å². The summed E-state index contributed by atoms with van der Waals surface area (Å²) >= 11 is 0. The lowest BCUT2D eigenvalue weighted by atomic mass is 9.80. The van der Waals surface area contributed by atoms with Crippen LogP contribution in [0.2, 0.25) is 0 Å². The van der Waals surface area contributed by atoms with Crippen molar-refractivity contribution in [1.29, 1.82) is 0 Å². The summed E-state index contributed by atoms with van der Waals surface area (Å²) in [5.74, 6) is 2.22. The second-order valence-corrected chi connectivity index (χ2v) is 5.93. The number of anilines is 1. The number of ether oxygens (including phenoxy) is 1. The fourth-order valence-electron chi connectivity index (χ4n) is 2.97. The highest BCUT2D eigenvalue weighted by Gasteiger charge is 2.20. The highest BCUT2D eigenvalue weighted by Crippen LogP contribution is 2.28. The largest absolute Gasteiger partial charge is 0.497 e. The first-order valence-electron chi connectivity index (χ1n) is 7.83. The summed E-state index contributed by atoms with van der Waals surface area (Å²) in [6.07, 6.45) is 5.29. The average Bonchev–Trinajstić information content (AvgIpc) is 2.49. The van der Waals surface area contributed by atoms with Crippen LogP contribution >= 0.6 is 0 Å². The molecule has 0 spiro atoms. The predicted octanol–water partition coefficient (Wildman–Crippen LogP) is 3.05. The molecule has 0 saturated heterocycles. The Morgan fingerprint density at radius 1 is 1.33 bits per heavy atom. The van der Waals surface area contributed by atoms with Crippen molar-refractivity contribution in [3.8, 4) is 5.75 Å². The first-order valence-corrected chi connectivity index (χ1v) is 7.83. The van der Waals surface area contributed by atoms with E-state index < -0.39 is 0 Å². The van der Waals surface area contributed by atoms with Crippen LogP contribution in [0, 0.1) is 11.8 Å². The van der Waals surface area contributed by atoms with Crippen molar-refractivity contribution in [3.63, 3.8) is 0 Å². The lowest BCUT2D eigenvalue weighted by molar-refractivity contribution is -0.115. The molecule has 1 aromatic carbocycles. The number of carbonyl (C=O) groups is 1. The molecule has 0 bridgehead atoms. The van der Waals surface area contributed by atoms with E-state index in [9.17, 15) is 4.79 Å². The Labute approximate surface area is 127 Å². The van der Waals surface area contributed by atoms with Crippen molar-refractivity contribution in [3.05, 3.63) is 24.3 Å². The summed E-state index contributed by atoms with van der Waals surface area (Å²) in [7, 11) is 1.62. The molecule has 1 fully saturated rings. The van der Waals surface area contributed by atoms with Crippen molar-refractivity contribution >= 4 is 11.6 Å². The molecule has 1 saturated carbocycles. The van der Waals surface area contributed by atoms with Gasteiger partial charge in [-0.25, -0.2) is 0 Å². The van der Waals surface area contributed by atoms with Gasteiger partial charge in [0.05, 0.1) is 13.7 Å². The number of hydrogen-bond acceptors (Lipinski definition) is 3. The molecule has 1 amide bonds. The standard InChI is InChI=1S/C17H26N2O2/c1-13-6-3-4-7-14(13)11-18-12-17(20)19-15-8-5-9-16(10-15)21-2/h5,8-10,13-14,18H,3-4,6-7,11-12H2,1-2H3,(H,19,20). The van der Waals surface area contributed by atoms with E-state index in [1.54, 1.807) is 7.11 Å². The molecule has 116 valence electrons. The van der Waals surface area contributed by atoms with E-state index in [-0.39, 0.29) is 5.91 Å². The monoisotopic (exact) mass is 290 g/mol. The van der Waals surface area contributed by atoms with Crippen molar-refractivity contribution in [2.75, 3.05) is 25.5 Å². The molecule has 0 heterocycles. The van der Waals surface area contributed by atoms with E-state index in [0.717, 1.165) is 23.9 Å². The number of nitrogens with one attached hydrogen (secondary N) is 2. The van der Waals surface area contributed by atoms with E-state index in [4.69, 9.17) is 4.74 Å². The van der Waals surface area contributed by atoms with Gasteiger partial charge in [0.1, 0.15) is 5.75 Å². The average molecular weight is 290 g/mol. The molecule has 1 aliphatic carbocycles. The van der Waals surface area contributed by atoms with Gasteiger partial charge >= 0.3 is 0 Å². The number of hydrogen-bond donors (Lipinski definition) is 2. The lowest BCUT2D eigenvalue weighted by Crippen LogP contribution is -2.34. The SMILES string of the molecule is COc1cccc(NC(=O)CNCC2CCCCC2C)c1. The highest BCUT2D eigenvalue weighted by molar-refractivity contribution is 5.92. The van der Waals surface area contributed by atoms with Gasteiger partial charge < -0.3 is 15.4 Å². The Morgan fingerprint density at radius 2 is 2.14 bits per heavy atom. The number of rotatable bonds is 6. The first-order chi connectivity index (χ1) is 10.2. The molecule has 2 unspecified atom stereocenters. The van der Waals surface area contributed by atoms with Gasteiger partial charge in [0, 0.05) is 11.8 Å². The van der Waals surface area contributed by atoms with Gasteiger partial charge in [-0.3, -0.25) is 4.79 Å². The first kappa shape index (κ1) is 15.8. The third-order valence-electron chi connectivity index (χ3n) is 4.33. The van der Waals surface area contributed by atoms with Gasteiger partial charge in [0.15, 0.2) is 0 Å². The molecule has 2 N–H and O–H groups in total. The second kappa shape index (κ2) is 8.03. The van der Waals surface area contributed by atoms with E-state index in [1.807, 2.05) is 24.3 Å². The van der Waals surface area contributed by atoms with Gasteiger partial charge in [-0.15, -0.1) is 0 Å². The zero-order valence-electron chi connectivity index (χ0n) is 13.0. The van der Waals surface area contributed by atoms with Gasteiger partial charge in [0.2, 0.25) is 5.91 Å². The maximum Gasteiger partial charge on any atom is 0.238 e. The number of amides is 1. The third kappa shape index (κ3) is 5.05. The molecular formula is C17H26N2O2. The third-order valence-corrected chi connectivity index (χ3v) is 4.33. The summed E-state index contributed by atoms with van der Waals surface area (Å²) in [5.41, 5.74) is 0.771. The van der Waals surface area contributed by atoms with E-state index in [1.165, 1.54) is 25.7 Å². The van der Waals surface area contributed by atoms with Crippen LogP contribution in [0.3, 0.4) is 0 Å². The molecule has 4 nitrogen and oxygen atoms in total. The maximum atomic E-state index is 11.9. The smallest absolute Gasteiger partial charge is 0.238 e. The van der Waals surface area contributed by atoms with Crippen molar-refractivity contribution in [2.45, 2.75) is 32.6 Å². The van der Waals surface area contributed by atoms with Gasteiger partial charge in [-0.2, -0.15) is 0 Å². The summed E-state index contributed by atoms with van der Waals surface area (Å²) in [4.78, 5) is 11.9. The lowest BCUT2D eigenvalue weighted by Gasteiger charge is -2.28. The summed E-state index contributed by atoms with van der Waals surface area (Å²) in [5, 5.41) is 6.17. The van der Waals surface area contributed by atoms with Crippen LogP contribution in [-0.4, -0.2) is 26.1 Å². The molecule has 2 atom stereocenters. The highest BCUT2D eigenvalue weighted by atomic mass is 16.5. The van der Waals surface area contributed by atoms with Gasteiger partial charge in [0.25, 0.3) is 0 Å². The minimum atomic E-state index is -0.00767. The fourth-order valence-corrected chi connectivity index (χ4v) is 2.97. The van der Waals surface area contributed by atoms with E-state index in [0.29, 0.717) is 12.5 Å². The fraction of sp³-hybridized carbons (Fsp3) is 0.588. The van der Waals surface area contributed by atoms with Gasteiger partial charge in [-0.05, 0) is 36.9 Å². The van der Waals surface area contributed by atoms with Crippen LogP contribution in [0.4, 0.5) is 5.69 Å². The van der Waals surface area contributed by atoms with E-state index in [2.05, 4.69) is 17.6 Å². The van der Waals surface area contributed by atoms with Crippen LogP contribution in [-0.2, 0) is 4.79 Å². The van der Waals surface area contributed by atoms with Crippen LogP contribution in [0.15, 0.2) is 24.3 Å². The van der Waals surface area contributed by atoms with Crippen LogP contribution in [0.1, 0.15) is 32.6 Å². The molecule has 0 radical (unpaired) electrons. The number of benzene rings is 1. The number of methoxy groups -OCH3 is 1. The zero-order valence-corrected chi connectivity index (χ0v) is 13.0. The van der Waals surface area contributed by atoms with Crippen LogP contribution < -0.4 is 15.4 Å². The van der Waals surface area contributed by atoms with Crippen molar-refractivity contribution in [2.24, 2.45) is 11.8 Å². The Kier molecular flexibility index (Phi) is 6.05. The summed E-state index contributed by atoms with van der Waals surface area (Å²) in [6, 6.07) is 7.41. The Bertz CT molecular complexity index is 462. The minimum absolute atomic E-state index is 0.00767. The molecule has 4 heteroatoms. The molecule has 1 aliphatic rings. The minimum Gasteiger partial charge on any atom is -0.497 e. The van der Waals surface area contributed by atoms with Crippen LogP contribution in [0.5, 0.6) is 5.75 Å². The number of carbonyl (C=O) groups excluding carboxylic acids is 1. The molecular weight excluding hydrogens is 264 g/mol. The molecule has 21 heavy (non-hydrogen) atoms. The topological polar surface area (TPSA) is 50.4 Å². The Morgan fingerprint density at radius 3 is 2.90 bits per heavy atom. The molecule has 2 rings (SSSR count). The second-order valence-electron chi connectivity index (χ2n) is 5.93. The predicted molar refractivity (Wildman–Crippen MR) is 85.6 cm³/mol. The molecule has 0 aromatic heterocycles. The summed E-state index contributed by atoms with van der Waals surface area (Å²) < 4.78 is 5.14. The van der Waals surface area contributed by atoms with Crippen LogP contribution in [0.25, 0.3) is 0 Å². The summed E-state index contributed by atoms with van der Waals surface area (Å²) in [6.45, 7) is 3.62. The normalized spacial score (nSPS) is 21.8. The van der Waals surface area contributed by atoms with E-state index >= 15 is 0 Å².